The minimum absolute atomic E-state index is 0.112. The number of nitrogens with zero attached hydrogens (tertiary/aromatic N) is 2. The number of ether oxygens (including phenoxy) is 3. The summed E-state index contributed by atoms with van der Waals surface area (Å²) in [6, 6.07) is 0. The lowest BCUT2D eigenvalue weighted by atomic mass is 10.2. The summed E-state index contributed by atoms with van der Waals surface area (Å²) in [4.78, 5) is 24.6. The van der Waals surface area contributed by atoms with Gasteiger partial charge in [0.05, 0.1) is 45.2 Å². The molecule has 1 saturated heterocycles. The Hall–Kier alpha value is -1.27. The number of carbonyl (C=O) groups is 2. The van der Waals surface area contributed by atoms with Gasteiger partial charge in [0.1, 0.15) is 6.54 Å². The van der Waals surface area contributed by atoms with Crippen molar-refractivity contribution in [1.82, 2.24) is 9.21 Å². The molecule has 1 N–H and O–H groups in total. The normalized spacial score (nSPS) is 18.5. The monoisotopic (exact) mass is 382 g/mol. The highest BCUT2D eigenvalue weighted by Gasteiger charge is 2.29. The van der Waals surface area contributed by atoms with Crippen LogP contribution in [0, 0.1) is 0 Å². The number of rotatable bonds is 11. The number of methoxy groups -OCH3 is 1. The molecular weight excluding hydrogens is 356 g/mol. The van der Waals surface area contributed by atoms with Gasteiger partial charge in [-0.25, -0.2) is 8.42 Å². The number of carboxylic acids is 1. The first-order chi connectivity index (χ1) is 11.7. The number of hydrogen-bond acceptors (Lipinski definition) is 7. The largest absolute Gasteiger partial charge is 0.480 e. The quantitative estimate of drug-likeness (QED) is 0.434. The number of aliphatic carboxylic acids is 1. The van der Waals surface area contributed by atoms with E-state index in [9.17, 15) is 18.0 Å². The Balaban J connectivity index is 2.49. The van der Waals surface area contributed by atoms with Crippen molar-refractivity contribution in [3.8, 4) is 0 Å². The summed E-state index contributed by atoms with van der Waals surface area (Å²) in [5.41, 5.74) is 0. The molecule has 1 aliphatic rings. The molecule has 0 aromatic rings. The first kappa shape index (κ1) is 21.8. The maximum atomic E-state index is 12.2. The Morgan fingerprint density at radius 3 is 2.64 bits per heavy atom. The van der Waals surface area contributed by atoms with Crippen LogP contribution in [-0.2, 0) is 33.8 Å². The summed E-state index contributed by atoms with van der Waals surface area (Å²) in [7, 11) is -2.12. The van der Waals surface area contributed by atoms with E-state index in [1.807, 2.05) is 0 Å². The van der Waals surface area contributed by atoms with E-state index in [0.717, 1.165) is 10.6 Å². The van der Waals surface area contributed by atoms with Crippen LogP contribution in [0.1, 0.15) is 6.42 Å². The number of hydrogen-bond donors (Lipinski definition) is 1. The van der Waals surface area contributed by atoms with Crippen molar-refractivity contribution in [1.29, 1.82) is 0 Å². The molecule has 0 aliphatic carbocycles. The molecule has 0 aromatic heterocycles. The highest BCUT2D eigenvalue weighted by Crippen LogP contribution is 2.10. The molecule has 1 aliphatic heterocycles. The standard InChI is InChI=1S/C14H26N2O8S/c1-22-7-8-23-5-3-13(17)15-4-6-24-12(9-15)10-16(11-14(18)19)25(2,20)21/h12H,3-11H2,1-2H3,(H,18,19). The van der Waals surface area contributed by atoms with Gasteiger partial charge in [-0.2, -0.15) is 4.31 Å². The molecule has 0 radical (unpaired) electrons. The number of carbonyl (C=O) groups excluding carboxylic acids is 1. The van der Waals surface area contributed by atoms with Crippen molar-refractivity contribution in [2.75, 3.05) is 66.0 Å². The van der Waals surface area contributed by atoms with Gasteiger partial charge in [-0.1, -0.05) is 0 Å². The second-order valence-corrected chi connectivity index (χ2v) is 7.62. The summed E-state index contributed by atoms with van der Waals surface area (Å²) in [5, 5.41) is 8.84. The lowest BCUT2D eigenvalue weighted by Crippen LogP contribution is -2.51. The zero-order chi connectivity index (χ0) is 18.9. The van der Waals surface area contributed by atoms with Crippen LogP contribution in [0.5, 0.6) is 0 Å². The summed E-state index contributed by atoms with van der Waals surface area (Å²) < 4.78 is 39.8. The van der Waals surface area contributed by atoms with Crippen molar-refractivity contribution < 1.29 is 37.3 Å². The predicted molar refractivity (Wildman–Crippen MR) is 87.7 cm³/mol. The minimum Gasteiger partial charge on any atom is -0.480 e. The van der Waals surface area contributed by atoms with Gasteiger partial charge in [-0.3, -0.25) is 9.59 Å². The number of carboxylic acid groups (broad SMARTS) is 1. The van der Waals surface area contributed by atoms with E-state index in [1.54, 1.807) is 12.0 Å². The van der Waals surface area contributed by atoms with Crippen LogP contribution in [0.15, 0.2) is 0 Å². The van der Waals surface area contributed by atoms with Crippen molar-refractivity contribution in [2.24, 2.45) is 0 Å². The Morgan fingerprint density at radius 1 is 1.32 bits per heavy atom. The molecule has 25 heavy (non-hydrogen) atoms. The first-order valence-electron chi connectivity index (χ1n) is 7.87. The molecule has 1 amide bonds. The molecule has 1 unspecified atom stereocenters. The zero-order valence-electron chi connectivity index (χ0n) is 14.5. The Morgan fingerprint density at radius 2 is 2.04 bits per heavy atom. The second kappa shape index (κ2) is 10.7. The Labute approximate surface area is 147 Å². The van der Waals surface area contributed by atoms with Gasteiger partial charge in [0.15, 0.2) is 0 Å². The average molecular weight is 382 g/mol. The van der Waals surface area contributed by atoms with E-state index in [0.29, 0.717) is 19.8 Å². The topological polar surface area (TPSA) is 123 Å². The van der Waals surface area contributed by atoms with Crippen LogP contribution in [0.2, 0.25) is 0 Å². The van der Waals surface area contributed by atoms with E-state index >= 15 is 0 Å². The van der Waals surface area contributed by atoms with E-state index in [2.05, 4.69) is 0 Å². The van der Waals surface area contributed by atoms with Crippen molar-refractivity contribution >= 4 is 21.9 Å². The molecule has 1 atom stereocenters. The summed E-state index contributed by atoms with van der Waals surface area (Å²) in [5.74, 6) is -1.36. The molecule has 1 fully saturated rings. The van der Waals surface area contributed by atoms with E-state index < -0.39 is 28.6 Å². The molecule has 0 aromatic carbocycles. The van der Waals surface area contributed by atoms with Crippen LogP contribution in [-0.4, -0.2) is 107 Å². The van der Waals surface area contributed by atoms with Gasteiger partial charge in [0.2, 0.25) is 15.9 Å². The number of morpholine rings is 1. The lowest BCUT2D eigenvalue weighted by Gasteiger charge is -2.35. The fourth-order valence-corrected chi connectivity index (χ4v) is 3.10. The van der Waals surface area contributed by atoms with Gasteiger partial charge in [0.25, 0.3) is 0 Å². The fraction of sp³-hybridized carbons (Fsp3) is 0.857. The lowest BCUT2D eigenvalue weighted by molar-refractivity contribution is -0.142. The van der Waals surface area contributed by atoms with E-state index in [-0.39, 0.29) is 38.6 Å². The molecular formula is C14H26N2O8S. The molecule has 10 nitrogen and oxygen atoms in total. The Kier molecular flexibility index (Phi) is 9.28. The molecule has 0 bridgehead atoms. The number of amides is 1. The molecule has 11 heteroatoms. The SMILES string of the molecule is COCCOCCC(=O)N1CCOC(CN(CC(=O)O)S(C)(=O)=O)C1. The molecule has 1 heterocycles. The van der Waals surface area contributed by atoms with Gasteiger partial charge in [-0.15, -0.1) is 0 Å². The third-order valence-electron chi connectivity index (χ3n) is 3.57. The molecule has 0 saturated carbocycles. The maximum Gasteiger partial charge on any atom is 0.318 e. The van der Waals surface area contributed by atoms with Crippen LogP contribution in [0.4, 0.5) is 0 Å². The molecule has 0 spiro atoms. The zero-order valence-corrected chi connectivity index (χ0v) is 15.4. The van der Waals surface area contributed by atoms with Crippen LogP contribution < -0.4 is 0 Å². The van der Waals surface area contributed by atoms with Gasteiger partial charge < -0.3 is 24.2 Å². The van der Waals surface area contributed by atoms with Gasteiger partial charge >= 0.3 is 5.97 Å². The van der Waals surface area contributed by atoms with Crippen LogP contribution in [0.25, 0.3) is 0 Å². The van der Waals surface area contributed by atoms with Gasteiger partial charge in [0, 0.05) is 26.7 Å². The second-order valence-electron chi connectivity index (χ2n) is 5.64. The molecule has 1 rings (SSSR count). The fourth-order valence-electron chi connectivity index (χ4n) is 2.31. The highest BCUT2D eigenvalue weighted by molar-refractivity contribution is 7.88. The maximum absolute atomic E-state index is 12.2. The summed E-state index contributed by atoms with van der Waals surface area (Å²) >= 11 is 0. The first-order valence-corrected chi connectivity index (χ1v) is 9.72. The third kappa shape index (κ3) is 8.59. The summed E-state index contributed by atoms with van der Waals surface area (Å²) in [6.45, 7) is 1.28. The summed E-state index contributed by atoms with van der Waals surface area (Å²) in [6.07, 6.45) is 0.585. The highest BCUT2D eigenvalue weighted by atomic mass is 32.2. The third-order valence-corrected chi connectivity index (χ3v) is 4.79. The predicted octanol–water partition coefficient (Wildman–Crippen LogP) is -1.39. The van der Waals surface area contributed by atoms with Crippen molar-refractivity contribution in [3.63, 3.8) is 0 Å². The van der Waals surface area contributed by atoms with E-state index in [4.69, 9.17) is 19.3 Å². The number of sulfonamides is 1. The average Bonchev–Trinajstić information content (AvgIpc) is 2.53. The van der Waals surface area contributed by atoms with Gasteiger partial charge in [-0.05, 0) is 0 Å². The van der Waals surface area contributed by atoms with Crippen LogP contribution in [0.3, 0.4) is 0 Å². The smallest absolute Gasteiger partial charge is 0.318 e. The Bertz CT molecular complexity index is 539. The van der Waals surface area contributed by atoms with Crippen molar-refractivity contribution in [3.05, 3.63) is 0 Å². The van der Waals surface area contributed by atoms with Crippen molar-refractivity contribution in [2.45, 2.75) is 12.5 Å². The minimum atomic E-state index is -3.68. The molecule has 146 valence electrons. The van der Waals surface area contributed by atoms with Crippen LogP contribution >= 0.6 is 0 Å². The van der Waals surface area contributed by atoms with E-state index in [1.165, 1.54) is 0 Å².